The third kappa shape index (κ3) is 2.63. The molecule has 1 heterocycles. The van der Waals surface area contributed by atoms with E-state index in [-0.39, 0.29) is 0 Å². The van der Waals surface area contributed by atoms with E-state index in [0.717, 1.165) is 30.4 Å². The molecule has 1 aromatic carbocycles. The Hall–Kier alpha value is -1.61. The van der Waals surface area contributed by atoms with E-state index in [4.69, 9.17) is 11.6 Å². The van der Waals surface area contributed by atoms with Gasteiger partial charge in [0.25, 0.3) is 0 Å². The van der Waals surface area contributed by atoms with Crippen molar-refractivity contribution in [2.24, 2.45) is 0 Å². The molecular formula is C16H17ClN2O. The first kappa shape index (κ1) is 13.4. The Bertz CT molecular complexity index is 615. The molecular weight excluding hydrogens is 272 g/mol. The minimum atomic E-state index is 0.426. The van der Waals surface area contributed by atoms with Crippen LogP contribution in [0.4, 0.5) is 0 Å². The summed E-state index contributed by atoms with van der Waals surface area (Å²) in [5.41, 5.74) is 2.26. The van der Waals surface area contributed by atoms with Gasteiger partial charge in [0.2, 0.25) is 0 Å². The van der Waals surface area contributed by atoms with Gasteiger partial charge in [-0.15, -0.1) is 0 Å². The van der Waals surface area contributed by atoms with Crippen LogP contribution < -0.4 is 0 Å². The summed E-state index contributed by atoms with van der Waals surface area (Å²) in [7, 11) is 0. The fourth-order valence-corrected chi connectivity index (χ4v) is 3.08. The number of aromatic nitrogens is 2. The van der Waals surface area contributed by atoms with Crippen LogP contribution in [0.5, 0.6) is 0 Å². The van der Waals surface area contributed by atoms with Crippen molar-refractivity contribution in [1.82, 2.24) is 9.78 Å². The number of hydrogen-bond donors (Lipinski definition) is 0. The number of hydrogen-bond acceptors (Lipinski definition) is 2. The average molecular weight is 289 g/mol. The summed E-state index contributed by atoms with van der Waals surface area (Å²) in [5.74, 6) is 0. The highest BCUT2D eigenvalue weighted by molar-refractivity contribution is 6.30. The van der Waals surface area contributed by atoms with E-state index in [1.807, 2.05) is 35.1 Å². The lowest BCUT2D eigenvalue weighted by molar-refractivity contribution is 0.112. The van der Waals surface area contributed by atoms with Gasteiger partial charge in [-0.1, -0.05) is 43.0 Å². The second-order valence-corrected chi connectivity index (χ2v) is 5.77. The maximum absolute atomic E-state index is 11.3. The Morgan fingerprint density at radius 2 is 2.05 bits per heavy atom. The summed E-state index contributed by atoms with van der Waals surface area (Å²) in [6.45, 7) is 0. The van der Waals surface area contributed by atoms with E-state index >= 15 is 0 Å². The lowest BCUT2D eigenvalue weighted by atomic mass is 9.96. The van der Waals surface area contributed by atoms with Crippen LogP contribution in [-0.2, 0) is 0 Å². The summed E-state index contributed by atoms with van der Waals surface area (Å²) in [6.07, 6.45) is 8.84. The third-order valence-electron chi connectivity index (χ3n) is 3.93. The number of carbonyl (C=O) groups is 1. The largest absolute Gasteiger partial charge is 0.298 e. The first-order valence-corrected chi connectivity index (χ1v) is 7.46. The molecule has 0 saturated heterocycles. The highest BCUT2D eigenvalue weighted by atomic mass is 35.5. The molecule has 1 aromatic heterocycles. The minimum absolute atomic E-state index is 0.426. The molecule has 1 aliphatic carbocycles. The Labute approximate surface area is 123 Å². The number of benzene rings is 1. The van der Waals surface area contributed by atoms with E-state index in [0.29, 0.717) is 16.6 Å². The number of aldehydes is 1. The molecule has 1 aliphatic rings. The summed E-state index contributed by atoms with van der Waals surface area (Å²) in [4.78, 5) is 11.3. The maximum atomic E-state index is 11.3. The fourth-order valence-electron chi connectivity index (χ4n) is 2.88. The minimum Gasteiger partial charge on any atom is -0.298 e. The van der Waals surface area contributed by atoms with Crippen LogP contribution in [0.2, 0.25) is 5.02 Å². The molecule has 2 aromatic rings. The average Bonchev–Trinajstić information content (AvgIpc) is 2.92. The van der Waals surface area contributed by atoms with Gasteiger partial charge in [-0.05, 0) is 25.0 Å². The van der Waals surface area contributed by atoms with Crippen molar-refractivity contribution in [2.45, 2.75) is 38.1 Å². The molecule has 1 fully saturated rings. The van der Waals surface area contributed by atoms with Gasteiger partial charge in [0.05, 0.1) is 11.6 Å². The molecule has 20 heavy (non-hydrogen) atoms. The standard InChI is InChI=1S/C16H17ClN2O/c17-14-6-4-5-12(9-14)16-13(11-20)10-19(18-16)15-7-2-1-3-8-15/h4-6,9-11,15H,1-3,7-8H2. The zero-order chi connectivity index (χ0) is 13.9. The highest BCUT2D eigenvalue weighted by Crippen LogP contribution is 2.30. The van der Waals surface area contributed by atoms with E-state index in [2.05, 4.69) is 5.10 Å². The summed E-state index contributed by atoms with van der Waals surface area (Å²) in [5, 5.41) is 5.30. The molecule has 1 saturated carbocycles. The normalized spacial score (nSPS) is 16.2. The van der Waals surface area contributed by atoms with Gasteiger partial charge in [-0.2, -0.15) is 5.10 Å². The lowest BCUT2D eigenvalue weighted by Crippen LogP contribution is -2.13. The Morgan fingerprint density at radius 3 is 2.75 bits per heavy atom. The molecule has 0 unspecified atom stereocenters. The van der Waals surface area contributed by atoms with Gasteiger partial charge in [-0.3, -0.25) is 9.48 Å². The van der Waals surface area contributed by atoms with Crippen molar-refractivity contribution in [3.63, 3.8) is 0 Å². The number of rotatable bonds is 3. The van der Waals surface area contributed by atoms with Crippen molar-refractivity contribution in [3.05, 3.63) is 41.0 Å². The molecule has 0 amide bonds. The lowest BCUT2D eigenvalue weighted by Gasteiger charge is -2.21. The van der Waals surface area contributed by atoms with Crippen molar-refractivity contribution in [3.8, 4) is 11.3 Å². The second kappa shape index (κ2) is 5.80. The first-order valence-electron chi connectivity index (χ1n) is 7.08. The predicted molar refractivity (Wildman–Crippen MR) is 80.2 cm³/mol. The predicted octanol–water partition coefficient (Wildman–Crippen LogP) is 4.52. The summed E-state index contributed by atoms with van der Waals surface area (Å²) >= 11 is 6.02. The van der Waals surface area contributed by atoms with Crippen LogP contribution in [-0.4, -0.2) is 16.1 Å². The molecule has 0 radical (unpaired) electrons. The van der Waals surface area contributed by atoms with Crippen molar-refractivity contribution in [1.29, 1.82) is 0 Å². The first-order chi connectivity index (χ1) is 9.78. The quantitative estimate of drug-likeness (QED) is 0.778. The summed E-state index contributed by atoms with van der Waals surface area (Å²) < 4.78 is 1.97. The van der Waals surface area contributed by atoms with Gasteiger partial charge in [0.15, 0.2) is 6.29 Å². The van der Waals surface area contributed by atoms with Crippen LogP contribution in [0.15, 0.2) is 30.5 Å². The highest BCUT2D eigenvalue weighted by Gasteiger charge is 2.19. The molecule has 0 bridgehead atoms. The number of nitrogens with zero attached hydrogens (tertiary/aromatic N) is 2. The van der Waals surface area contributed by atoms with E-state index < -0.39 is 0 Å². The zero-order valence-electron chi connectivity index (χ0n) is 11.3. The van der Waals surface area contributed by atoms with E-state index in [1.165, 1.54) is 19.3 Å². The fraction of sp³-hybridized carbons (Fsp3) is 0.375. The molecule has 104 valence electrons. The van der Waals surface area contributed by atoms with E-state index in [9.17, 15) is 4.79 Å². The maximum Gasteiger partial charge on any atom is 0.153 e. The van der Waals surface area contributed by atoms with Crippen molar-refractivity contribution < 1.29 is 4.79 Å². The van der Waals surface area contributed by atoms with Crippen LogP contribution in [0, 0.1) is 0 Å². The van der Waals surface area contributed by atoms with E-state index in [1.54, 1.807) is 0 Å². The molecule has 0 atom stereocenters. The van der Waals surface area contributed by atoms with Gasteiger partial charge in [-0.25, -0.2) is 0 Å². The van der Waals surface area contributed by atoms with Crippen LogP contribution >= 0.6 is 11.6 Å². The van der Waals surface area contributed by atoms with Gasteiger partial charge < -0.3 is 0 Å². The van der Waals surface area contributed by atoms with Crippen LogP contribution in [0.25, 0.3) is 11.3 Å². The Kier molecular flexibility index (Phi) is 3.88. The van der Waals surface area contributed by atoms with Crippen molar-refractivity contribution in [2.75, 3.05) is 0 Å². The molecule has 0 spiro atoms. The molecule has 0 N–H and O–H groups in total. The van der Waals surface area contributed by atoms with Crippen molar-refractivity contribution >= 4 is 17.9 Å². The molecule has 3 nitrogen and oxygen atoms in total. The topological polar surface area (TPSA) is 34.9 Å². The smallest absolute Gasteiger partial charge is 0.153 e. The molecule has 3 rings (SSSR count). The third-order valence-corrected chi connectivity index (χ3v) is 4.17. The number of carbonyl (C=O) groups excluding carboxylic acids is 1. The summed E-state index contributed by atoms with van der Waals surface area (Å²) in [6, 6.07) is 7.92. The van der Waals surface area contributed by atoms with Gasteiger partial charge >= 0.3 is 0 Å². The van der Waals surface area contributed by atoms with Gasteiger partial charge in [0.1, 0.15) is 5.69 Å². The second-order valence-electron chi connectivity index (χ2n) is 5.33. The molecule has 0 aliphatic heterocycles. The zero-order valence-corrected chi connectivity index (χ0v) is 12.0. The Balaban J connectivity index is 1.98. The van der Waals surface area contributed by atoms with Crippen LogP contribution in [0.3, 0.4) is 0 Å². The monoisotopic (exact) mass is 288 g/mol. The van der Waals surface area contributed by atoms with Gasteiger partial charge in [0, 0.05) is 16.8 Å². The Morgan fingerprint density at radius 1 is 1.25 bits per heavy atom. The SMILES string of the molecule is O=Cc1cn(C2CCCCC2)nc1-c1cccc(Cl)c1. The molecule has 4 heteroatoms. The number of halogens is 1. The van der Waals surface area contributed by atoms with Crippen LogP contribution in [0.1, 0.15) is 48.5 Å².